The predicted molar refractivity (Wildman–Crippen MR) is 136 cm³/mol. The quantitative estimate of drug-likeness (QED) is 0.465. The van der Waals surface area contributed by atoms with E-state index in [0.717, 1.165) is 16.0 Å². The summed E-state index contributed by atoms with van der Waals surface area (Å²) in [5.41, 5.74) is 8.33. The molecule has 0 saturated carbocycles. The first kappa shape index (κ1) is 24.7. The number of aliphatic hydroxyl groups is 1. The van der Waals surface area contributed by atoms with E-state index in [1.807, 2.05) is 6.07 Å². The number of hydrogen-bond donors (Lipinski definition) is 3. The number of carbonyl (C=O) groups excluding carboxylic acids is 3. The van der Waals surface area contributed by atoms with Crippen LogP contribution in [0.2, 0.25) is 5.02 Å². The molecule has 3 amide bonds. The maximum absolute atomic E-state index is 13.3. The number of primary amides is 1. The van der Waals surface area contributed by atoms with E-state index in [1.54, 1.807) is 44.3 Å². The molecule has 1 aliphatic rings. The Morgan fingerprint density at radius 3 is 2.63 bits per heavy atom. The van der Waals surface area contributed by atoms with Crippen LogP contribution in [0.5, 0.6) is 5.75 Å². The summed E-state index contributed by atoms with van der Waals surface area (Å²) in [5.74, 6) is -0.585. The van der Waals surface area contributed by atoms with E-state index in [0.29, 0.717) is 40.5 Å². The molecular weight excluding hydrogens is 490 g/mol. The van der Waals surface area contributed by atoms with E-state index in [4.69, 9.17) is 22.1 Å². The molecule has 0 aliphatic carbocycles. The molecule has 0 fully saturated rings. The maximum Gasteiger partial charge on any atom is 0.268 e. The summed E-state index contributed by atoms with van der Waals surface area (Å²) in [5, 5.41) is 12.2. The number of amides is 3. The first-order chi connectivity index (χ1) is 16.7. The monoisotopic (exact) mass is 513 g/mol. The largest absolute Gasteiger partial charge is 0.493 e. The van der Waals surface area contributed by atoms with Crippen molar-refractivity contribution in [2.75, 3.05) is 25.1 Å². The Bertz CT molecular complexity index is 1320. The highest BCUT2D eigenvalue weighted by molar-refractivity contribution is 7.17. The lowest BCUT2D eigenvalue weighted by molar-refractivity contribution is 0.0923. The highest BCUT2D eigenvalue weighted by Gasteiger charge is 2.25. The predicted octanol–water partition coefficient (Wildman–Crippen LogP) is 3.49. The Kier molecular flexibility index (Phi) is 7.11. The van der Waals surface area contributed by atoms with Gasteiger partial charge in [0.15, 0.2) is 0 Å². The third kappa shape index (κ3) is 5.17. The summed E-state index contributed by atoms with van der Waals surface area (Å²) < 4.78 is 5.81. The zero-order chi connectivity index (χ0) is 25.3. The number of rotatable bonds is 6. The smallest absolute Gasteiger partial charge is 0.268 e. The molecule has 0 spiro atoms. The Morgan fingerprint density at radius 1 is 1.20 bits per heavy atom. The van der Waals surface area contributed by atoms with Crippen molar-refractivity contribution in [3.05, 3.63) is 69.1 Å². The molecule has 0 bridgehead atoms. The average Bonchev–Trinajstić information content (AvgIpc) is 3.17. The van der Waals surface area contributed by atoms with Crippen molar-refractivity contribution in [2.24, 2.45) is 5.73 Å². The summed E-state index contributed by atoms with van der Waals surface area (Å²) in [6, 6.07) is 11.6. The number of nitrogens with zero attached hydrogens (tertiary/aromatic N) is 1. The van der Waals surface area contributed by atoms with E-state index < -0.39 is 12.0 Å². The van der Waals surface area contributed by atoms with Gasteiger partial charge >= 0.3 is 0 Å². The van der Waals surface area contributed by atoms with Gasteiger partial charge < -0.3 is 25.8 Å². The molecule has 0 radical (unpaired) electrons. The summed E-state index contributed by atoms with van der Waals surface area (Å²) >= 11 is 7.76. The number of hydrogen-bond acceptors (Lipinski definition) is 6. The second-order valence-electron chi connectivity index (χ2n) is 8.23. The topological polar surface area (TPSA) is 122 Å². The van der Waals surface area contributed by atoms with Crippen LogP contribution in [-0.4, -0.2) is 49.1 Å². The van der Waals surface area contributed by atoms with Gasteiger partial charge in [-0.2, -0.15) is 0 Å². The van der Waals surface area contributed by atoms with Crippen molar-refractivity contribution >= 4 is 46.3 Å². The summed E-state index contributed by atoms with van der Waals surface area (Å²) in [7, 11) is 1.62. The third-order valence-electron chi connectivity index (χ3n) is 5.59. The number of benzene rings is 2. The minimum absolute atomic E-state index is 0.123. The molecule has 4 N–H and O–H groups in total. The SMILES string of the molecule is CC(O)CNC(=O)c1ccc(N(C)C(=O)c2cc3c(s2)-c2ccc(C(N)=O)cc2OCC3)c(Cl)c1. The Balaban J connectivity index is 1.59. The number of carbonyl (C=O) groups is 3. The van der Waals surface area contributed by atoms with Crippen molar-refractivity contribution in [1.29, 1.82) is 0 Å². The molecule has 1 unspecified atom stereocenters. The lowest BCUT2D eigenvalue weighted by atomic mass is 10.1. The number of nitrogens with one attached hydrogen (secondary N) is 1. The van der Waals surface area contributed by atoms with Gasteiger partial charge in [-0.05, 0) is 55.0 Å². The fourth-order valence-corrected chi connectivity index (χ4v) is 5.26. The molecule has 1 aliphatic heterocycles. The number of halogens is 1. The second-order valence-corrected chi connectivity index (χ2v) is 9.69. The van der Waals surface area contributed by atoms with Crippen LogP contribution in [0.1, 0.15) is 42.9 Å². The van der Waals surface area contributed by atoms with Gasteiger partial charge in [-0.3, -0.25) is 14.4 Å². The molecule has 3 aromatic rings. The van der Waals surface area contributed by atoms with Gasteiger partial charge in [-0.25, -0.2) is 0 Å². The first-order valence-electron chi connectivity index (χ1n) is 10.9. The van der Waals surface area contributed by atoms with E-state index in [9.17, 15) is 19.5 Å². The first-order valence-corrected chi connectivity index (χ1v) is 12.1. The van der Waals surface area contributed by atoms with Crippen LogP contribution in [0.25, 0.3) is 10.4 Å². The number of aliphatic hydroxyl groups excluding tert-OH is 1. The van der Waals surface area contributed by atoms with Crippen LogP contribution in [0.15, 0.2) is 42.5 Å². The lowest BCUT2D eigenvalue weighted by Gasteiger charge is -2.18. The minimum atomic E-state index is -0.665. The van der Waals surface area contributed by atoms with Crippen LogP contribution in [0, 0.1) is 0 Å². The van der Waals surface area contributed by atoms with Crippen LogP contribution in [0.4, 0.5) is 5.69 Å². The van der Waals surface area contributed by atoms with Gasteiger partial charge in [-0.1, -0.05) is 11.6 Å². The van der Waals surface area contributed by atoms with Gasteiger partial charge in [0.05, 0.1) is 28.3 Å². The lowest BCUT2D eigenvalue weighted by Crippen LogP contribution is -2.30. The molecule has 8 nitrogen and oxygen atoms in total. The van der Waals surface area contributed by atoms with E-state index in [-0.39, 0.29) is 23.4 Å². The highest BCUT2D eigenvalue weighted by Crippen LogP contribution is 2.42. The molecular formula is C25H24ClN3O5S. The van der Waals surface area contributed by atoms with Gasteiger partial charge in [0, 0.05) is 41.6 Å². The summed E-state index contributed by atoms with van der Waals surface area (Å²) in [6.07, 6.45) is -0.0532. The average molecular weight is 514 g/mol. The Hall–Kier alpha value is -3.40. The van der Waals surface area contributed by atoms with Crippen LogP contribution >= 0.6 is 22.9 Å². The van der Waals surface area contributed by atoms with Crippen LogP contribution in [-0.2, 0) is 6.42 Å². The van der Waals surface area contributed by atoms with Gasteiger partial charge in [0.1, 0.15) is 5.75 Å². The third-order valence-corrected chi connectivity index (χ3v) is 7.09. The summed E-state index contributed by atoms with van der Waals surface area (Å²) in [6.45, 7) is 2.11. The number of anilines is 1. The molecule has 2 aromatic carbocycles. The number of ether oxygens (including phenoxy) is 1. The Morgan fingerprint density at radius 2 is 1.94 bits per heavy atom. The molecule has 2 heterocycles. The van der Waals surface area contributed by atoms with Crippen molar-refractivity contribution in [3.63, 3.8) is 0 Å². The van der Waals surface area contributed by atoms with Crippen molar-refractivity contribution < 1.29 is 24.2 Å². The van der Waals surface area contributed by atoms with Crippen molar-refractivity contribution in [1.82, 2.24) is 5.32 Å². The van der Waals surface area contributed by atoms with Crippen molar-refractivity contribution in [2.45, 2.75) is 19.4 Å². The van der Waals surface area contributed by atoms with Gasteiger partial charge in [-0.15, -0.1) is 11.3 Å². The standard InChI is InChI=1S/C25H24ClN3O5S/c1-13(30)12-28-24(32)16-4-6-19(18(26)9-16)29(2)25(33)21-11-14-7-8-34-20-10-15(23(27)31)3-5-17(20)22(14)35-21/h3-6,9-11,13,30H,7-8,12H2,1-2H3,(H2,27,31)(H,28,32). The molecule has 4 rings (SSSR count). The molecule has 10 heteroatoms. The molecule has 182 valence electrons. The maximum atomic E-state index is 13.3. The van der Waals surface area contributed by atoms with E-state index in [1.165, 1.54) is 22.3 Å². The fraction of sp³-hybridized carbons (Fsp3) is 0.240. The zero-order valence-electron chi connectivity index (χ0n) is 19.1. The van der Waals surface area contributed by atoms with Gasteiger partial charge in [0.2, 0.25) is 5.91 Å². The zero-order valence-corrected chi connectivity index (χ0v) is 20.7. The highest BCUT2D eigenvalue weighted by atomic mass is 35.5. The summed E-state index contributed by atoms with van der Waals surface area (Å²) in [4.78, 5) is 40.0. The minimum Gasteiger partial charge on any atom is -0.493 e. The van der Waals surface area contributed by atoms with E-state index in [2.05, 4.69) is 5.32 Å². The fourth-order valence-electron chi connectivity index (χ4n) is 3.74. The van der Waals surface area contributed by atoms with E-state index >= 15 is 0 Å². The molecule has 0 saturated heterocycles. The normalized spacial score (nSPS) is 13.0. The number of nitrogens with two attached hydrogens (primary N) is 1. The van der Waals surface area contributed by atoms with Crippen LogP contribution in [0.3, 0.4) is 0 Å². The molecule has 35 heavy (non-hydrogen) atoms. The van der Waals surface area contributed by atoms with Gasteiger partial charge in [0.25, 0.3) is 11.8 Å². The Labute approximate surface area is 211 Å². The van der Waals surface area contributed by atoms with Crippen molar-refractivity contribution in [3.8, 4) is 16.2 Å². The molecule has 1 aromatic heterocycles. The molecule has 1 atom stereocenters. The number of fused-ring (bicyclic) bond motifs is 3. The second kappa shape index (κ2) is 10.1. The number of thiophene rings is 1. The van der Waals surface area contributed by atoms with Crippen LogP contribution < -0.4 is 20.7 Å².